The molecule has 1 aromatic carbocycles. The van der Waals surface area contributed by atoms with Crippen molar-refractivity contribution in [1.29, 1.82) is 0 Å². The number of para-hydroxylation sites is 1. The van der Waals surface area contributed by atoms with Crippen molar-refractivity contribution < 1.29 is 4.74 Å². The van der Waals surface area contributed by atoms with Crippen LogP contribution in [0.5, 0.6) is 5.75 Å². The zero-order valence-corrected chi connectivity index (χ0v) is 17.3. The van der Waals surface area contributed by atoms with Gasteiger partial charge in [-0.05, 0) is 35.7 Å². The molecule has 0 unspecified atom stereocenters. The second-order valence-electron chi connectivity index (χ2n) is 6.62. The highest BCUT2D eigenvalue weighted by atomic mass is 32.1. The number of benzene rings is 1. The van der Waals surface area contributed by atoms with E-state index >= 15 is 0 Å². The van der Waals surface area contributed by atoms with Crippen LogP contribution in [0.2, 0.25) is 0 Å². The Labute approximate surface area is 182 Å². The second-order valence-corrected chi connectivity index (χ2v) is 7.40. The number of hydrogen-bond donors (Lipinski definition) is 2. The Morgan fingerprint density at radius 2 is 1.97 bits per heavy atom. The van der Waals surface area contributed by atoms with E-state index in [1.807, 2.05) is 58.5 Å². The lowest BCUT2D eigenvalue weighted by Crippen LogP contribution is -2.13. The van der Waals surface area contributed by atoms with Gasteiger partial charge in [0.2, 0.25) is 5.95 Å². The average molecular weight is 430 g/mol. The van der Waals surface area contributed by atoms with E-state index in [-0.39, 0.29) is 0 Å². The minimum atomic E-state index is 0.462. The summed E-state index contributed by atoms with van der Waals surface area (Å²) < 4.78 is 7.73. The smallest absolute Gasteiger partial charge is 0.231 e. The van der Waals surface area contributed by atoms with Crippen molar-refractivity contribution in [1.82, 2.24) is 24.5 Å². The number of fused-ring (bicyclic) bond motifs is 1. The molecule has 0 bridgehead atoms. The largest absolute Gasteiger partial charge is 0.492 e. The highest BCUT2D eigenvalue weighted by molar-refractivity contribution is 7.08. The number of anilines is 3. The number of nitrogens with zero attached hydrogens (tertiary/aromatic N) is 5. The van der Waals surface area contributed by atoms with Gasteiger partial charge in [-0.3, -0.25) is 9.55 Å². The quantitative estimate of drug-likeness (QED) is 0.351. The highest BCUT2D eigenvalue weighted by Crippen LogP contribution is 2.25. The van der Waals surface area contributed by atoms with Gasteiger partial charge in [-0.2, -0.15) is 21.3 Å². The van der Waals surface area contributed by atoms with Crippen molar-refractivity contribution in [3.8, 4) is 11.4 Å². The molecule has 31 heavy (non-hydrogen) atoms. The predicted molar refractivity (Wildman–Crippen MR) is 122 cm³/mol. The van der Waals surface area contributed by atoms with Crippen molar-refractivity contribution in [2.24, 2.45) is 0 Å². The number of pyridine rings is 1. The zero-order chi connectivity index (χ0) is 20.9. The molecule has 0 aliphatic heterocycles. The summed E-state index contributed by atoms with van der Waals surface area (Å²) in [4.78, 5) is 18.0. The van der Waals surface area contributed by atoms with Crippen LogP contribution in [0.4, 0.5) is 17.5 Å². The van der Waals surface area contributed by atoms with Gasteiger partial charge in [0.1, 0.15) is 18.7 Å². The van der Waals surface area contributed by atoms with E-state index in [0.717, 1.165) is 17.1 Å². The number of ether oxygens (including phenoxy) is 1. The third-order valence-electron chi connectivity index (χ3n) is 4.50. The summed E-state index contributed by atoms with van der Waals surface area (Å²) in [5.41, 5.74) is 3.23. The Kier molecular flexibility index (Phi) is 5.40. The van der Waals surface area contributed by atoms with Gasteiger partial charge in [-0.1, -0.05) is 18.2 Å². The van der Waals surface area contributed by atoms with E-state index < -0.39 is 0 Å². The Balaban J connectivity index is 1.42. The van der Waals surface area contributed by atoms with Gasteiger partial charge < -0.3 is 15.4 Å². The topological polar surface area (TPSA) is 89.8 Å². The molecule has 0 aliphatic rings. The van der Waals surface area contributed by atoms with Crippen molar-refractivity contribution in [3.05, 3.63) is 78.0 Å². The molecule has 8 nitrogen and oxygen atoms in total. The van der Waals surface area contributed by atoms with Crippen LogP contribution in [0.1, 0.15) is 0 Å². The van der Waals surface area contributed by atoms with Gasteiger partial charge in [-0.25, -0.2) is 4.98 Å². The Bertz CT molecular complexity index is 1260. The summed E-state index contributed by atoms with van der Waals surface area (Å²) in [5.74, 6) is 1.93. The highest BCUT2D eigenvalue weighted by Gasteiger charge is 2.15. The molecule has 0 saturated carbocycles. The third kappa shape index (κ3) is 4.31. The van der Waals surface area contributed by atoms with Crippen molar-refractivity contribution >= 4 is 40.0 Å². The monoisotopic (exact) mass is 429 g/mol. The summed E-state index contributed by atoms with van der Waals surface area (Å²) in [6, 6.07) is 15.5. The van der Waals surface area contributed by atoms with Crippen molar-refractivity contribution in [3.63, 3.8) is 0 Å². The van der Waals surface area contributed by atoms with Crippen LogP contribution in [-0.2, 0) is 0 Å². The van der Waals surface area contributed by atoms with E-state index in [4.69, 9.17) is 9.72 Å². The molecule has 2 N–H and O–H groups in total. The minimum Gasteiger partial charge on any atom is -0.492 e. The van der Waals surface area contributed by atoms with Crippen molar-refractivity contribution in [2.75, 3.05) is 23.8 Å². The van der Waals surface area contributed by atoms with Crippen LogP contribution in [0.25, 0.3) is 16.9 Å². The van der Waals surface area contributed by atoms with Crippen molar-refractivity contribution in [2.45, 2.75) is 0 Å². The van der Waals surface area contributed by atoms with E-state index in [0.29, 0.717) is 36.1 Å². The SMILES string of the molecule is c1ccc(OCCNc2nc(Nc3cccnc3)nc3c2ncn3-c2ccsc2)cc1. The first-order valence-corrected chi connectivity index (χ1v) is 10.7. The molecular weight excluding hydrogens is 410 g/mol. The van der Waals surface area contributed by atoms with Gasteiger partial charge in [0, 0.05) is 11.6 Å². The zero-order valence-electron chi connectivity index (χ0n) is 16.5. The van der Waals surface area contributed by atoms with Gasteiger partial charge in [0.15, 0.2) is 17.0 Å². The summed E-state index contributed by atoms with van der Waals surface area (Å²) in [7, 11) is 0. The summed E-state index contributed by atoms with van der Waals surface area (Å²) >= 11 is 1.62. The molecule has 4 heterocycles. The number of aromatic nitrogens is 5. The molecular formula is C22H19N7OS. The summed E-state index contributed by atoms with van der Waals surface area (Å²) in [5, 5.41) is 10.6. The lowest BCUT2D eigenvalue weighted by molar-refractivity contribution is 0.333. The minimum absolute atomic E-state index is 0.462. The molecule has 4 aromatic heterocycles. The first-order chi connectivity index (χ1) is 15.4. The summed E-state index contributed by atoms with van der Waals surface area (Å²) in [6.45, 7) is 1.06. The first-order valence-electron chi connectivity index (χ1n) is 9.73. The normalized spacial score (nSPS) is 10.8. The molecule has 5 rings (SSSR count). The van der Waals surface area contributed by atoms with Gasteiger partial charge in [0.25, 0.3) is 0 Å². The lowest BCUT2D eigenvalue weighted by atomic mass is 10.3. The fourth-order valence-corrected chi connectivity index (χ4v) is 3.71. The average Bonchev–Trinajstić information content (AvgIpc) is 3.48. The number of nitrogens with one attached hydrogen (secondary N) is 2. The van der Waals surface area contributed by atoms with E-state index in [9.17, 15) is 0 Å². The summed E-state index contributed by atoms with van der Waals surface area (Å²) in [6.07, 6.45) is 5.21. The fraction of sp³-hybridized carbons (Fsp3) is 0.0909. The molecule has 0 amide bonds. The lowest BCUT2D eigenvalue weighted by Gasteiger charge is -2.11. The molecule has 0 fully saturated rings. The Morgan fingerprint density at radius 3 is 2.77 bits per heavy atom. The van der Waals surface area contributed by atoms with Gasteiger partial charge >= 0.3 is 0 Å². The van der Waals surface area contributed by atoms with E-state index in [2.05, 4.69) is 31.0 Å². The number of thiophene rings is 1. The number of imidazole rings is 1. The van der Waals surface area contributed by atoms with Crippen LogP contribution < -0.4 is 15.4 Å². The fourth-order valence-electron chi connectivity index (χ4n) is 3.08. The molecule has 154 valence electrons. The third-order valence-corrected chi connectivity index (χ3v) is 5.18. The van der Waals surface area contributed by atoms with E-state index in [1.54, 1.807) is 30.1 Å². The Morgan fingerprint density at radius 1 is 1.03 bits per heavy atom. The van der Waals surface area contributed by atoms with Crippen LogP contribution in [0.3, 0.4) is 0 Å². The molecule has 0 spiro atoms. The number of rotatable bonds is 8. The first kappa shape index (κ1) is 19.0. The molecule has 0 saturated heterocycles. The van der Waals surface area contributed by atoms with Crippen LogP contribution in [0.15, 0.2) is 78.0 Å². The van der Waals surface area contributed by atoms with Crippen LogP contribution in [0, 0.1) is 0 Å². The molecule has 5 aromatic rings. The second kappa shape index (κ2) is 8.80. The standard InChI is InChI=1S/C22H19N7OS/c1-2-6-18(7-3-1)30-11-10-24-20-19-21(29(15-25-19)17-8-12-31-14-17)28-22(27-20)26-16-5-4-9-23-13-16/h1-9,12-15H,10-11H2,(H2,24,26,27,28). The maximum atomic E-state index is 5.78. The maximum absolute atomic E-state index is 5.78. The number of hydrogen-bond acceptors (Lipinski definition) is 8. The predicted octanol–water partition coefficient (Wildman–Crippen LogP) is 4.51. The molecule has 9 heteroatoms. The van der Waals surface area contributed by atoms with E-state index in [1.165, 1.54) is 0 Å². The van der Waals surface area contributed by atoms with Crippen LogP contribution >= 0.6 is 11.3 Å². The van der Waals surface area contributed by atoms with Gasteiger partial charge in [0.05, 0.1) is 24.1 Å². The van der Waals surface area contributed by atoms with Crippen LogP contribution in [-0.4, -0.2) is 37.7 Å². The van der Waals surface area contributed by atoms with Gasteiger partial charge in [-0.15, -0.1) is 0 Å². The molecule has 0 radical (unpaired) electrons. The molecule has 0 aliphatic carbocycles. The maximum Gasteiger partial charge on any atom is 0.231 e. The Hall–Kier alpha value is -3.98. The molecule has 0 atom stereocenters.